The van der Waals surface area contributed by atoms with Crippen LogP contribution in [0.3, 0.4) is 0 Å². The molecule has 1 aliphatic heterocycles. The maximum atomic E-state index is 12.7. The van der Waals surface area contributed by atoms with Crippen LogP contribution in [0.2, 0.25) is 10.0 Å². The van der Waals surface area contributed by atoms with E-state index in [1.165, 1.54) is 31.0 Å². The van der Waals surface area contributed by atoms with Gasteiger partial charge in [0.2, 0.25) is 5.91 Å². The van der Waals surface area contributed by atoms with Crippen LogP contribution in [0.1, 0.15) is 18.9 Å². The van der Waals surface area contributed by atoms with Crippen molar-refractivity contribution in [3.63, 3.8) is 0 Å². The third kappa shape index (κ3) is 2.30. The lowest BCUT2D eigenvalue weighted by Gasteiger charge is -2.25. The number of likely N-dealkylation sites (N-methyl/N-ethyl adjacent to an activating group) is 1. The molecule has 1 aromatic rings. The van der Waals surface area contributed by atoms with Gasteiger partial charge in [-0.25, -0.2) is 0 Å². The first-order valence-corrected chi connectivity index (χ1v) is 6.16. The quantitative estimate of drug-likeness (QED) is 0.762. The maximum Gasteiger partial charge on any atom is 0.390 e. The molecular formula is C12H10Cl2F3NO. The van der Waals surface area contributed by atoms with Crippen molar-refractivity contribution in [1.29, 1.82) is 0 Å². The van der Waals surface area contributed by atoms with Gasteiger partial charge in [0.15, 0.2) is 0 Å². The molecule has 0 aliphatic carbocycles. The number of hydrogen-bond donors (Lipinski definition) is 0. The van der Waals surface area contributed by atoms with E-state index in [0.29, 0.717) is 5.69 Å². The lowest BCUT2D eigenvalue weighted by Crippen LogP contribution is -2.39. The Morgan fingerprint density at radius 1 is 1.32 bits per heavy atom. The van der Waals surface area contributed by atoms with E-state index in [9.17, 15) is 18.0 Å². The van der Waals surface area contributed by atoms with Crippen LogP contribution in [-0.2, 0) is 10.2 Å². The zero-order valence-corrected chi connectivity index (χ0v) is 11.6. The summed E-state index contributed by atoms with van der Waals surface area (Å²) in [5.74, 6) is -0.635. The van der Waals surface area contributed by atoms with E-state index in [2.05, 4.69) is 0 Å². The molecule has 1 heterocycles. The molecule has 0 unspecified atom stereocenters. The number of alkyl halides is 3. The predicted molar refractivity (Wildman–Crippen MR) is 67.9 cm³/mol. The molecule has 1 aliphatic rings. The van der Waals surface area contributed by atoms with Gasteiger partial charge in [-0.2, -0.15) is 13.2 Å². The largest absolute Gasteiger partial charge is 0.390 e. The monoisotopic (exact) mass is 311 g/mol. The summed E-state index contributed by atoms with van der Waals surface area (Å²) < 4.78 is 38.2. The summed E-state index contributed by atoms with van der Waals surface area (Å²) in [5, 5.41) is 0.353. The van der Waals surface area contributed by atoms with Crippen molar-refractivity contribution in [2.24, 2.45) is 0 Å². The molecule has 2 nitrogen and oxygen atoms in total. The van der Waals surface area contributed by atoms with Crippen molar-refractivity contribution in [3.05, 3.63) is 27.7 Å². The van der Waals surface area contributed by atoms with E-state index in [4.69, 9.17) is 23.2 Å². The Bertz CT molecular complexity index is 559. The average molecular weight is 312 g/mol. The van der Waals surface area contributed by atoms with Gasteiger partial charge in [0.05, 0.1) is 17.5 Å². The minimum absolute atomic E-state index is 0.0759. The maximum absolute atomic E-state index is 12.7. The van der Waals surface area contributed by atoms with Crippen LogP contribution in [0.15, 0.2) is 12.1 Å². The fourth-order valence-corrected chi connectivity index (χ4v) is 3.21. The molecule has 1 atom stereocenters. The van der Waals surface area contributed by atoms with Crippen molar-refractivity contribution < 1.29 is 18.0 Å². The topological polar surface area (TPSA) is 20.3 Å². The first-order valence-electron chi connectivity index (χ1n) is 5.41. The molecule has 0 spiro atoms. The second-order valence-electron chi connectivity index (χ2n) is 4.77. The molecule has 7 heteroatoms. The van der Waals surface area contributed by atoms with Crippen LogP contribution in [0.4, 0.5) is 18.9 Å². The summed E-state index contributed by atoms with van der Waals surface area (Å²) in [6, 6.07) is 2.80. The van der Waals surface area contributed by atoms with Gasteiger partial charge in [-0.3, -0.25) is 4.79 Å². The van der Waals surface area contributed by atoms with Crippen molar-refractivity contribution in [1.82, 2.24) is 0 Å². The number of benzene rings is 1. The molecule has 0 saturated carbocycles. The smallest absolute Gasteiger partial charge is 0.314 e. The fourth-order valence-electron chi connectivity index (χ4n) is 2.52. The van der Waals surface area contributed by atoms with Gasteiger partial charge in [-0.1, -0.05) is 23.2 Å². The Kier molecular flexibility index (Phi) is 3.26. The van der Waals surface area contributed by atoms with Crippen LogP contribution in [-0.4, -0.2) is 19.1 Å². The fraction of sp³-hybridized carbons (Fsp3) is 0.417. The highest BCUT2D eigenvalue weighted by Gasteiger charge is 2.53. The van der Waals surface area contributed by atoms with Crippen molar-refractivity contribution in [3.8, 4) is 0 Å². The highest BCUT2D eigenvalue weighted by atomic mass is 35.5. The molecule has 0 saturated heterocycles. The van der Waals surface area contributed by atoms with Gasteiger partial charge in [0.25, 0.3) is 0 Å². The molecule has 0 radical (unpaired) electrons. The van der Waals surface area contributed by atoms with Crippen molar-refractivity contribution in [2.75, 3.05) is 11.9 Å². The summed E-state index contributed by atoms with van der Waals surface area (Å²) in [7, 11) is 1.41. The van der Waals surface area contributed by atoms with Gasteiger partial charge in [-0.15, -0.1) is 0 Å². The van der Waals surface area contributed by atoms with Crippen molar-refractivity contribution in [2.45, 2.75) is 24.9 Å². The third-order valence-corrected chi connectivity index (χ3v) is 3.79. The van der Waals surface area contributed by atoms with Crippen LogP contribution in [0.5, 0.6) is 0 Å². The van der Waals surface area contributed by atoms with Gasteiger partial charge in [-0.05, 0) is 19.1 Å². The number of hydrogen-bond acceptors (Lipinski definition) is 1. The molecule has 0 bridgehead atoms. The molecule has 19 heavy (non-hydrogen) atoms. The molecular weight excluding hydrogens is 302 g/mol. The van der Waals surface area contributed by atoms with Crippen LogP contribution >= 0.6 is 23.2 Å². The van der Waals surface area contributed by atoms with E-state index in [0.717, 1.165) is 0 Å². The second kappa shape index (κ2) is 4.28. The predicted octanol–water partition coefficient (Wildman–Crippen LogP) is 4.18. The lowest BCUT2D eigenvalue weighted by molar-refractivity contribution is -0.154. The number of fused-ring (bicyclic) bond motifs is 1. The highest BCUT2D eigenvalue weighted by molar-refractivity contribution is 6.36. The molecule has 0 fully saturated rings. The van der Waals surface area contributed by atoms with Gasteiger partial charge in [0.1, 0.15) is 0 Å². The minimum Gasteiger partial charge on any atom is -0.314 e. The number of carbonyl (C=O) groups excluding carboxylic acids is 1. The Morgan fingerprint density at radius 3 is 2.42 bits per heavy atom. The summed E-state index contributed by atoms with van der Waals surface area (Å²) in [6.45, 7) is 1.25. The number of amides is 1. The van der Waals surface area contributed by atoms with E-state index in [1.807, 2.05) is 0 Å². The van der Waals surface area contributed by atoms with E-state index in [-0.39, 0.29) is 15.6 Å². The van der Waals surface area contributed by atoms with E-state index in [1.54, 1.807) is 0 Å². The van der Waals surface area contributed by atoms with Crippen molar-refractivity contribution >= 4 is 34.8 Å². The van der Waals surface area contributed by atoms with Gasteiger partial charge < -0.3 is 4.90 Å². The molecule has 2 rings (SSSR count). The third-order valence-electron chi connectivity index (χ3n) is 3.28. The van der Waals surface area contributed by atoms with Crippen LogP contribution in [0, 0.1) is 0 Å². The molecule has 1 amide bonds. The number of rotatable bonds is 1. The summed E-state index contributed by atoms with van der Waals surface area (Å²) in [6.07, 6.45) is -5.71. The Morgan fingerprint density at radius 2 is 1.89 bits per heavy atom. The van der Waals surface area contributed by atoms with E-state index >= 15 is 0 Å². The minimum atomic E-state index is -4.46. The SMILES string of the molecule is CN1C(=O)[C@@](C)(CC(F)(F)F)c2c(Cl)cc(Cl)cc21. The summed E-state index contributed by atoms with van der Waals surface area (Å²) >= 11 is 11.8. The number of anilines is 1. The second-order valence-corrected chi connectivity index (χ2v) is 5.61. The Balaban J connectivity index is 2.65. The Labute approximate surface area is 118 Å². The highest BCUT2D eigenvalue weighted by Crippen LogP contribution is 2.50. The lowest BCUT2D eigenvalue weighted by atomic mass is 9.80. The van der Waals surface area contributed by atoms with Crippen LogP contribution < -0.4 is 4.90 Å². The average Bonchev–Trinajstić information content (AvgIpc) is 2.38. The first kappa shape index (κ1) is 14.5. The summed E-state index contributed by atoms with van der Waals surface area (Å²) in [5.41, 5.74) is -1.19. The number of carbonyl (C=O) groups is 1. The Hall–Kier alpha value is -0.940. The van der Waals surface area contributed by atoms with Gasteiger partial charge in [0, 0.05) is 22.7 Å². The molecule has 104 valence electrons. The van der Waals surface area contributed by atoms with Crippen LogP contribution in [0.25, 0.3) is 0 Å². The number of halogens is 5. The number of nitrogens with zero attached hydrogens (tertiary/aromatic N) is 1. The van der Waals surface area contributed by atoms with Gasteiger partial charge >= 0.3 is 6.18 Å². The first-order chi connectivity index (χ1) is 8.56. The molecule has 0 aromatic heterocycles. The molecule has 1 aromatic carbocycles. The summed E-state index contributed by atoms with van der Waals surface area (Å²) in [4.78, 5) is 13.3. The molecule has 0 N–H and O–H groups in total. The zero-order valence-electron chi connectivity index (χ0n) is 10.1. The normalized spacial score (nSPS) is 22.9. The van der Waals surface area contributed by atoms with E-state index < -0.39 is 23.9 Å². The standard InChI is InChI=1S/C12H10Cl2F3NO/c1-11(5-12(15,16)17)9-7(14)3-6(13)4-8(9)18(2)10(11)19/h3-4H,5H2,1-2H3/t11-/m0/s1. The zero-order chi connectivity index (χ0) is 14.6.